The Labute approximate surface area is 117 Å². The summed E-state index contributed by atoms with van der Waals surface area (Å²) in [5, 5.41) is 13.3. The van der Waals surface area contributed by atoms with Crippen LogP contribution in [0.15, 0.2) is 30.3 Å². The molecule has 1 fully saturated rings. The average molecular weight is 261 g/mol. The quantitative estimate of drug-likeness (QED) is 0.854. The van der Waals surface area contributed by atoms with Crippen molar-refractivity contribution >= 4 is 0 Å². The maximum Gasteiger partial charge on any atom is 0.0587 e. The van der Waals surface area contributed by atoms with Crippen LogP contribution in [0.3, 0.4) is 0 Å². The van der Waals surface area contributed by atoms with Crippen molar-refractivity contribution in [1.82, 2.24) is 5.32 Å². The predicted octanol–water partition coefficient (Wildman–Crippen LogP) is 3.00. The Morgan fingerprint density at radius 3 is 2.32 bits per heavy atom. The lowest BCUT2D eigenvalue weighted by Gasteiger charge is -2.34. The van der Waals surface area contributed by atoms with E-state index in [0.29, 0.717) is 6.04 Å². The molecule has 2 N–H and O–H groups in total. The van der Waals surface area contributed by atoms with Crippen LogP contribution in [0.4, 0.5) is 0 Å². The highest BCUT2D eigenvalue weighted by Gasteiger charge is 2.25. The molecule has 3 unspecified atom stereocenters. The van der Waals surface area contributed by atoms with Crippen molar-refractivity contribution < 1.29 is 5.11 Å². The van der Waals surface area contributed by atoms with Crippen LogP contribution in [0, 0.1) is 11.8 Å². The minimum Gasteiger partial charge on any atom is -0.395 e. The maximum absolute atomic E-state index is 9.59. The molecule has 106 valence electrons. The lowest BCUT2D eigenvalue weighted by Crippen LogP contribution is -2.45. The molecule has 0 bridgehead atoms. The van der Waals surface area contributed by atoms with E-state index in [1.54, 1.807) is 0 Å². The maximum atomic E-state index is 9.59. The number of hydrogen-bond acceptors (Lipinski definition) is 2. The third-order valence-corrected chi connectivity index (χ3v) is 4.20. The fourth-order valence-electron chi connectivity index (χ4n) is 3.49. The minimum absolute atomic E-state index is 0.185. The van der Waals surface area contributed by atoms with E-state index >= 15 is 0 Å². The van der Waals surface area contributed by atoms with Gasteiger partial charge in [0.1, 0.15) is 0 Å². The third kappa shape index (κ3) is 4.63. The molecule has 0 aromatic heterocycles. The Hall–Kier alpha value is -0.860. The van der Waals surface area contributed by atoms with Crippen LogP contribution in [0.1, 0.15) is 38.7 Å². The van der Waals surface area contributed by atoms with Crippen LogP contribution in [0.5, 0.6) is 0 Å². The van der Waals surface area contributed by atoms with E-state index in [-0.39, 0.29) is 12.6 Å². The van der Waals surface area contributed by atoms with E-state index in [1.807, 2.05) is 6.07 Å². The number of nitrogens with one attached hydrogen (secondary N) is 1. The Kier molecular flexibility index (Phi) is 5.41. The molecule has 0 heterocycles. The second-order valence-electron chi connectivity index (χ2n) is 6.35. The fraction of sp³-hybridized carbons (Fsp3) is 0.647. The Morgan fingerprint density at radius 2 is 1.74 bits per heavy atom. The molecule has 0 aliphatic heterocycles. The van der Waals surface area contributed by atoms with Gasteiger partial charge in [-0.15, -0.1) is 0 Å². The molecule has 2 heteroatoms. The molecule has 3 atom stereocenters. The van der Waals surface area contributed by atoms with Crippen molar-refractivity contribution in [3.63, 3.8) is 0 Å². The SMILES string of the molecule is CC1CC(C)CC(NC(CO)Cc2ccccc2)C1. The van der Waals surface area contributed by atoms with E-state index in [1.165, 1.54) is 24.8 Å². The summed E-state index contributed by atoms with van der Waals surface area (Å²) in [6, 6.07) is 11.2. The van der Waals surface area contributed by atoms with Gasteiger partial charge in [-0.2, -0.15) is 0 Å². The normalized spacial score (nSPS) is 29.1. The van der Waals surface area contributed by atoms with Gasteiger partial charge in [0.25, 0.3) is 0 Å². The van der Waals surface area contributed by atoms with Gasteiger partial charge in [0, 0.05) is 12.1 Å². The van der Waals surface area contributed by atoms with Crippen LogP contribution in [-0.4, -0.2) is 23.8 Å². The highest BCUT2D eigenvalue weighted by atomic mass is 16.3. The molecule has 1 aromatic carbocycles. The molecule has 2 nitrogen and oxygen atoms in total. The molecule has 19 heavy (non-hydrogen) atoms. The molecule has 0 saturated heterocycles. The van der Waals surface area contributed by atoms with Crippen molar-refractivity contribution in [2.24, 2.45) is 11.8 Å². The van der Waals surface area contributed by atoms with Gasteiger partial charge in [0.15, 0.2) is 0 Å². The molecule has 1 saturated carbocycles. The van der Waals surface area contributed by atoms with Crippen molar-refractivity contribution in [2.45, 2.75) is 51.6 Å². The number of aliphatic hydroxyl groups excluding tert-OH is 1. The first kappa shape index (κ1) is 14.5. The lowest BCUT2D eigenvalue weighted by atomic mass is 9.80. The fourth-order valence-corrected chi connectivity index (χ4v) is 3.49. The van der Waals surface area contributed by atoms with Crippen molar-refractivity contribution in [3.8, 4) is 0 Å². The zero-order chi connectivity index (χ0) is 13.7. The monoisotopic (exact) mass is 261 g/mol. The van der Waals surface area contributed by atoms with Crippen molar-refractivity contribution in [2.75, 3.05) is 6.61 Å². The first-order valence-electron chi connectivity index (χ1n) is 7.58. The Bertz CT molecular complexity index is 355. The van der Waals surface area contributed by atoms with Gasteiger partial charge >= 0.3 is 0 Å². The van der Waals surface area contributed by atoms with Gasteiger partial charge in [-0.1, -0.05) is 44.2 Å². The summed E-state index contributed by atoms with van der Waals surface area (Å²) in [6.45, 7) is 4.90. The van der Waals surface area contributed by atoms with E-state index in [4.69, 9.17) is 0 Å². The van der Waals surface area contributed by atoms with E-state index in [0.717, 1.165) is 18.3 Å². The standard InChI is InChI=1S/C17H27NO/c1-13-8-14(2)10-16(9-13)18-17(12-19)11-15-6-4-3-5-7-15/h3-7,13-14,16-19H,8-12H2,1-2H3. The van der Waals surface area contributed by atoms with Gasteiger partial charge in [-0.25, -0.2) is 0 Å². The molecule has 1 aromatic rings. The highest BCUT2D eigenvalue weighted by molar-refractivity contribution is 5.16. The van der Waals surface area contributed by atoms with Gasteiger partial charge in [0.05, 0.1) is 6.61 Å². The first-order chi connectivity index (χ1) is 9.17. The van der Waals surface area contributed by atoms with Crippen LogP contribution in [0.2, 0.25) is 0 Å². The predicted molar refractivity (Wildman–Crippen MR) is 80.1 cm³/mol. The smallest absolute Gasteiger partial charge is 0.0587 e. The van der Waals surface area contributed by atoms with Crippen LogP contribution in [0.25, 0.3) is 0 Å². The number of aliphatic hydroxyl groups is 1. The Morgan fingerprint density at radius 1 is 1.11 bits per heavy atom. The Balaban J connectivity index is 1.88. The largest absolute Gasteiger partial charge is 0.395 e. The van der Waals surface area contributed by atoms with Crippen LogP contribution >= 0.6 is 0 Å². The molecular formula is C17H27NO. The number of benzene rings is 1. The minimum atomic E-state index is 0.185. The summed E-state index contributed by atoms with van der Waals surface area (Å²) in [4.78, 5) is 0. The van der Waals surface area contributed by atoms with Crippen LogP contribution < -0.4 is 5.32 Å². The number of hydrogen-bond donors (Lipinski definition) is 2. The summed E-state index contributed by atoms with van der Waals surface area (Å²) in [5.74, 6) is 1.61. The molecule has 1 aliphatic carbocycles. The summed E-state index contributed by atoms with van der Waals surface area (Å²) in [5.41, 5.74) is 1.30. The van der Waals surface area contributed by atoms with Gasteiger partial charge in [0.2, 0.25) is 0 Å². The average Bonchev–Trinajstić information content (AvgIpc) is 2.38. The van der Waals surface area contributed by atoms with Crippen LogP contribution in [-0.2, 0) is 6.42 Å². The van der Waals surface area contributed by atoms with Crippen molar-refractivity contribution in [1.29, 1.82) is 0 Å². The van der Waals surface area contributed by atoms with Gasteiger partial charge < -0.3 is 10.4 Å². The zero-order valence-corrected chi connectivity index (χ0v) is 12.2. The topological polar surface area (TPSA) is 32.3 Å². The van der Waals surface area contributed by atoms with E-state index in [9.17, 15) is 5.11 Å². The zero-order valence-electron chi connectivity index (χ0n) is 12.2. The molecular weight excluding hydrogens is 234 g/mol. The molecule has 0 radical (unpaired) electrons. The summed E-state index contributed by atoms with van der Waals surface area (Å²) in [6.07, 6.45) is 4.75. The molecule has 0 amide bonds. The first-order valence-corrected chi connectivity index (χ1v) is 7.58. The van der Waals surface area contributed by atoms with E-state index < -0.39 is 0 Å². The summed E-state index contributed by atoms with van der Waals surface area (Å²) in [7, 11) is 0. The third-order valence-electron chi connectivity index (χ3n) is 4.20. The summed E-state index contributed by atoms with van der Waals surface area (Å²) < 4.78 is 0. The van der Waals surface area contributed by atoms with E-state index in [2.05, 4.69) is 43.4 Å². The molecule has 2 rings (SSSR count). The van der Waals surface area contributed by atoms with Crippen molar-refractivity contribution in [3.05, 3.63) is 35.9 Å². The van der Waals surface area contributed by atoms with Gasteiger partial charge in [-0.05, 0) is 43.1 Å². The molecule has 0 spiro atoms. The van der Waals surface area contributed by atoms with Gasteiger partial charge in [-0.3, -0.25) is 0 Å². The summed E-state index contributed by atoms with van der Waals surface area (Å²) >= 11 is 0. The highest BCUT2D eigenvalue weighted by Crippen LogP contribution is 2.28. The molecule has 1 aliphatic rings. The second-order valence-corrected chi connectivity index (χ2v) is 6.35. The lowest BCUT2D eigenvalue weighted by molar-refractivity contribution is 0.185. The second kappa shape index (κ2) is 7.06. The number of rotatable bonds is 5.